The van der Waals surface area contributed by atoms with E-state index in [2.05, 4.69) is 0 Å². The van der Waals surface area contributed by atoms with E-state index < -0.39 is 0 Å². The van der Waals surface area contributed by atoms with E-state index >= 15 is 0 Å². The van der Waals surface area contributed by atoms with E-state index in [1.54, 1.807) is 57.5 Å². The summed E-state index contributed by atoms with van der Waals surface area (Å²) in [5.41, 5.74) is 1.76. The quantitative estimate of drug-likeness (QED) is 0.504. The molecule has 4 rings (SSSR count). The van der Waals surface area contributed by atoms with Crippen LogP contribution in [0.15, 0.2) is 51.3 Å². The molecule has 0 bridgehead atoms. The van der Waals surface area contributed by atoms with Crippen molar-refractivity contribution in [2.45, 2.75) is 6.92 Å². The molecule has 0 saturated carbocycles. The predicted molar refractivity (Wildman–Crippen MR) is 93.7 cm³/mol. The number of carbonyl (C=O) groups is 1. The average molecular weight is 336 g/mol. The van der Waals surface area contributed by atoms with Gasteiger partial charge in [-0.2, -0.15) is 0 Å². The zero-order valence-electron chi connectivity index (χ0n) is 14.1. The third-order valence-corrected chi connectivity index (χ3v) is 4.25. The monoisotopic (exact) mass is 336 g/mol. The summed E-state index contributed by atoms with van der Waals surface area (Å²) in [6, 6.07) is 12.5. The fourth-order valence-electron chi connectivity index (χ4n) is 2.99. The molecule has 0 spiro atoms. The second-order valence-corrected chi connectivity index (χ2v) is 5.74. The third kappa shape index (κ3) is 2.45. The van der Waals surface area contributed by atoms with Gasteiger partial charge in [0.25, 0.3) is 0 Å². The lowest BCUT2D eigenvalue weighted by molar-refractivity contribution is 0.101. The molecule has 0 fully saturated rings. The van der Waals surface area contributed by atoms with Crippen LogP contribution in [0, 0.1) is 6.92 Å². The number of furan rings is 2. The normalized spacial score (nSPS) is 11.2. The summed E-state index contributed by atoms with van der Waals surface area (Å²) in [6.07, 6.45) is 0. The lowest BCUT2D eigenvalue weighted by Gasteiger charge is -2.00. The van der Waals surface area contributed by atoms with Crippen molar-refractivity contribution in [3.05, 3.63) is 59.5 Å². The van der Waals surface area contributed by atoms with Crippen LogP contribution in [-0.4, -0.2) is 20.0 Å². The fraction of sp³-hybridized carbons (Fsp3) is 0.150. The van der Waals surface area contributed by atoms with Gasteiger partial charge in [-0.3, -0.25) is 4.79 Å². The number of benzene rings is 2. The van der Waals surface area contributed by atoms with Crippen LogP contribution in [0.4, 0.5) is 0 Å². The molecule has 5 nitrogen and oxygen atoms in total. The molecule has 0 N–H and O–H groups in total. The van der Waals surface area contributed by atoms with E-state index in [1.807, 2.05) is 6.07 Å². The Kier molecular flexibility index (Phi) is 3.50. The van der Waals surface area contributed by atoms with Crippen molar-refractivity contribution in [3.8, 4) is 11.5 Å². The lowest BCUT2D eigenvalue weighted by atomic mass is 10.0. The van der Waals surface area contributed by atoms with Gasteiger partial charge in [-0.05, 0) is 49.4 Å². The molecule has 25 heavy (non-hydrogen) atoms. The van der Waals surface area contributed by atoms with E-state index in [4.69, 9.17) is 18.3 Å². The molecule has 2 heterocycles. The Morgan fingerprint density at radius 1 is 0.880 bits per heavy atom. The molecule has 0 saturated heterocycles. The van der Waals surface area contributed by atoms with Crippen LogP contribution < -0.4 is 9.47 Å². The summed E-state index contributed by atoms with van der Waals surface area (Å²) in [4.78, 5) is 13.0. The fourth-order valence-corrected chi connectivity index (χ4v) is 2.99. The van der Waals surface area contributed by atoms with Gasteiger partial charge in [0.2, 0.25) is 5.78 Å². The van der Waals surface area contributed by atoms with Crippen molar-refractivity contribution in [1.29, 1.82) is 0 Å². The van der Waals surface area contributed by atoms with Gasteiger partial charge in [0.1, 0.15) is 28.4 Å². The molecule has 5 heteroatoms. The number of rotatable bonds is 4. The summed E-state index contributed by atoms with van der Waals surface area (Å²) >= 11 is 0. The van der Waals surface area contributed by atoms with Gasteiger partial charge >= 0.3 is 0 Å². The second kappa shape index (κ2) is 5.70. The van der Waals surface area contributed by atoms with Gasteiger partial charge in [-0.1, -0.05) is 0 Å². The molecule has 0 aliphatic rings. The third-order valence-electron chi connectivity index (χ3n) is 4.25. The van der Waals surface area contributed by atoms with E-state index in [9.17, 15) is 4.79 Å². The minimum Gasteiger partial charge on any atom is -0.497 e. The maximum absolute atomic E-state index is 13.0. The minimum atomic E-state index is -0.223. The molecule has 126 valence electrons. The number of fused-ring (bicyclic) bond motifs is 2. The van der Waals surface area contributed by atoms with E-state index in [0.29, 0.717) is 39.4 Å². The summed E-state index contributed by atoms with van der Waals surface area (Å²) < 4.78 is 21.9. The van der Waals surface area contributed by atoms with Crippen LogP contribution in [0.5, 0.6) is 11.5 Å². The van der Waals surface area contributed by atoms with Crippen LogP contribution in [0.2, 0.25) is 0 Å². The molecule has 2 aromatic heterocycles. The topological polar surface area (TPSA) is 61.8 Å². The molecule has 0 atom stereocenters. The summed E-state index contributed by atoms with van der Waals surface area (Å²) in [6.45, 7) is 1.77. The van der Waals surface area contributed by atoms with Crippen LogP contribution >= 0.6 is 0 Å². The van der Waals surface area contributed by atoms with E-state index in [-0.39, 0.29) is 11.5 Å². The molecular formula is C20H16O5. The van der Waals surface area contributed by atoms with Crippen molar-refractivity contribution in [2.24, 2.45) is 0 Å². The first-order valence-corrected chi connectivity index (χ1v) is 7.80. The van der Waals surface area contributed by atoms with Gasteiger partial charge in [-0.15, -0.1) is 0 Å². The number of aryl methyl sites for hydroxylation is 1. The highest BCUT2D eigenvalue weighted by Gasteiger charge is 2.23. The van der Waals surface area contributed by atoms with Crippen LogP contribution in [0.1, 0.15) is 21.9 Å². The molecule has 0 amide bonds. The molecule has 4 aromatic rings. The smallest absolute Gasteiger partial charge is 0.232 e. The number of ether oxygens (including phenoxy) is 2. The van der Waals surface area contributed by atoms with Crippen molar-refractivity contribution in [2.75, 3.05) is 14.2 Å². The van der Waals surface area contributed by atoms with Gasteiger partial charge in [0.05, 0.1) is 19.8 Å². The van der Waals surface area contributed by atoms with Crippen molar-refractivity contribution >= 4 is 27.7 Å². The first-order chi connectivity index (χ1) is 12.1. The van der Waals surface area contributed by atoms with Gasteiger partial charge < -0.3 is 18.3 Å². The van der Waals surface area contributed by atoms with Gasteiger partial charge in [0, 0.05) is 10.8 Å². The van der Waals surface area contributed by atoms with Gasteiger partial charge in [-0.25, -0.2) is 0 Å². The Morgan fingerprint density at radius 3 is 2.28 bits per heavy atom. The number of methoxy groups -OCH3 is 2. The molecular weight excluding hydrogens is 320 g/mol. The maximum atomic E-state index is 13.0. The zero-order chi connectivity index (χ0) is 17.6. The molecule has 2 aromatic carbocycles. The number of ketones is 1. The molecule has 0 aliphatic carbocycles. The zero-order valence-corrected chi connectivity index (χ0v) is 14.1. The van der Waals surface area contributed by atoms with Crippen molar-refractivity contribution in [1.82, 2.24) is 0 Å². The highest BCUT2D eigenvalue weighted by atomic mass is 16.5. The highest BCUT2D eigenvalue weighted by molar-refractivity contribution is 6.16. The maximum Gasteiger partial charge on any atom is 0.232 e. The summed E-state index contributed by atoms with van der Waals surface area (Å²) in [5, 5.41) is 1.52. The molecule has 0 aliphatic heterocycles. The highest BCUT2D eigenvalue weighted by Crippen LogP contribution is 2.32. The first kappa shape index (κ1) is 15.3. The molecule has 0 unspecified atom stereocenters. The van der Waals surface area contributed by atoms with E-state index in [1.165, 1.54) is 0 Å². The summed E-state index contributed by atoms with van der Waals surface area (Å²) in [7, 11) is 3.18. The van der Waals surface area contributed by atoms with E-state index in [0.717, 1.165) is 5.39 Å². The Balaban J connectivity index is 1.85. The van der Waals surface area contributed by atoms with Crippen molar-refractivity contribution in [3.63, 3.8) is 0 Å². The lowest BCUT2D eigenvalue weighted by Crippen LogP contribution is -2.00. The Morgan fingerprint density at radius 2 is 1.56 bits per heavy atom. The second-order valence-electron chi connectivity index (χ2n) is 5.74. The number of hydrogen-bond acceptors (Lipinski definition) is 5. The average Bonchev–Trinajstić information content (AvgIpc) is 3.19. The van der Waals surface area contributed by atoms with Crippen LogP contribution in [0.3, 0.4) is 0 Å². The SMILES string of the molecule is COc1ccc2oc(C(=O)c3c(C)oc4ccc(OC)cc34)cc2c1. The van der Waals surface area contributed by atoms with Crippen LogP contribution in [0.25, 0.3) is 21.9 Å². The largest absolute Gasteiger partial charge is 0.497 e. The van der Waals surface area contributed by atoms with Crippen molar-refractivity contribution < 1.29 is 23.1 Å². The number of hydrogen-bond donors (Lipinski definition) is 0. The van der Waals surface area contributed by atoms with Crippen LogP contribution in [-0.2, 0) is 0 Å². The first-order valence-electron chi connectivity index (χ1n) is 7.80. The summed E-state index contributed by atoms with van der Waals surface area (Å²) in [5.74, 6) is 1.96. The number of carbonyl (C=O) groups excluding carboxylic acids is 1. The Hall–Kier alpha value is -3.21. The molecule has 0 radical (unpaired) electrons. The Bertz CT molecular complexity index is 1100. The standard InChI is InChI=1S/C20H16O5/c1-11-19(15-10-14(23-3)5-7-17(15)24-11)20(21)18-9-12-8-13(22-2)4-6-16(12)25-18/h4-10H,1-3H3. The minimum absolute atomic E-state index is 0.223. The van der Waals surface area contributed by atoms with Gasteiger partial charge in [0.15, 0.2) is 5.76 Å². The predicted octanol–water partition coefficient (Wildman–Crippen LogP) is 4.74. The Labute approximate surface area is 143 Å².